The molecule has 0 aliphatic carbocycles. The van der Waals surface area contributed by atoms with E-state index in [0.29, 0.717) is 17.8 Å². The number of carbonyl (C=O) groups is 1. The molecule has 0 saturated carbocycles. The number of amides is 1. The molecule has 1 aromatic heterocycles. The topological polar surface area (TPSA) is 45.7 Å². The SMILES string of the molecule is CC[C@H](C)N(C(=O)OC(C)(C)C)c1ccc([C@@H]2CCCN2CC(C)C)cn1. The van der Waals surface area contributed by atoms with Crippen LogP contribution in [-0.4, -0.2) is 40.7 Å². The van der Waals surface area contributed by atoms with E-state index in [1.807, 2.05) is 40.0 Å². The molecule has 1 aliphatic heterocycles. The quantitative estimate of drug-likeness (QED) is 0.666. The molecular weight excluding hydrogens is 338 g/mol. The maximum Gasteiger partial charge on any atom is 0.416 e. The summed E-state index contributed by atoms with van der Waals surface area (Å²) in [5, 5.41) is 0. The van der Waals surface area contributed by atoms with Gasteiger partial charge in [-0.1, -0.05) is 26.8 Å². The van der Waals surface area contributed by atoms with Crippen LogP contribution in [0.15, 0.2) is 18.3 Å². The number of hydrogen-bond acceptors (Lipinski definition) is 4. The first-order valence-corrected chi connectivity index (χ1v) is 10.3. The molecule has 0 aromatic carbocycles. The van der Waals surface area contributed by atoms with Gasteiger partial charge >= 0.3 is 6.09 Å². The van der Waals surface area contributed by atoms with Crippen molar-refractivity contribution >= 4 is 11.9 Å². The molecule has 27 heavy (non-hydrogen) atoms. The van der Waals surface area contributed by atoms with Crippen molar-refractivity contribution < 1.29 is 9.53 Å². The molecule has 0 spiro atoms. The minimum atomic E-state index is -0.524. The van der Waals surface area contributed by atoms with Gasteiger partial charge in [-0.15, -0.1) is 0 Å². The number of hydrogen-bond donors (Lipinski definition) is 0. The van der Waals surface area contributed by atoms with E-state index >= 15 is 0 Å². The van der Waals surface area contributed by atoms with Crippen LogP contribution in [-0.2, 0) is 4.74 Å². The Kier molecular flexibility index (Phi) is 7.26. The Morgan fingerprint density at radius 1 is 1.33 bits per heavy atom. The molecular formula is C22H37N3O2. The van der Waals surface area contributed by atoms with E-state index in [1.165, 1.54) is 18.4 Å². The van der Waals surface area contributed by atoms with Crippen LogP contribution in [0.3, 0.4) is 0 Å². The highest BCUT2D eigenvalue weighted by molar-refractivity contribution is 5.87. The molecule has 0 radical (unpaired) electrons. The van der Waals surface area contributed by atoms with Crippen LogP contribution in [0.5, 0.6) is 0 Å². The predicted molar refractivity (Wildman–Crippen MR) is 111 cm³/mol. The van der Waals surface area contributed by atoms with Gasteiger partial charge in [-0.05, 0) is 71.0 Å². The Morgan fingerprint density at radius 3 is 2.56 bits per heavy atom. The van der Waals surface area contributed by atoms with Gasteiger partial charge in [-0.25, -0.2) is 9.78 Å². The lowest BCUT2D eigenvalue weighted by atomic mass is 10.1. The van der Waals surface area contributed by atoms with Crippen LogP contribution in [0.2, 0.25) is 0 Å². The zero-order valence-corrected chi connectivity index (χ0v) is 18.2. The first-order valence-electron chi connectivity index (χ1n) is 10.3. The Balaban J connectivity index is 2.20. The molecule has 5 heteroatoms. The largest absolute Gasteiger partial charge is 0.443 e. The maximum absolute atomic E-state index is 12.7. The molecule has 2 rings (SSSR count). The van der Waals surface area contributed by atoms with E-state index in [2.05, 4.69) is 36.7 Å². The van der Waals surface area contributed by atoms with Gasteiger partial charge in [-0.3, -0.25) is 9.80 Å². The summed E-state index contributed by atoms with van der Waals surface area (Å²) in [6.07, 6.45) is 4.86. The van der Waals surface area contributed by atoms with E-state index in [9.17, 15) is 4.79 Å². The van der Waals surface area contributed by atoms with Crippen molar-refractivity contribution in [1.29, 1.82) is 0 Å². The summed E-state index contributed by atoms with van der Waals surface area (Å²) in [6.45, 7) is 16.6. The number of aromatic nitrogens is 1. The summed E-state index contributed by atoms with van der Waals surface area (Å²) in [6, 6.07) is 4.57. The van der Waals surface area contributed by atoms with E-state index in [0.717, 1.165) is 19.5 Å². The number of pyridine rings is 1. The number of nitrogens with zero attached hydrogens (tertiary/aromatic N) is 3. The molecule has 1 aromatic rings. The molecule has 152 valence electrons. The highest BCUT2D eigenvalue weighted by atomic mass is 16.6. The number of likely N-dealkylation sites (tertiary alicyclic amines) is 1. The molecule has 0 N–H and O–H groups in total. The van der Waals surface area contributed by atoms with Gasteiger partial charge < -0.3 is 4.74 Å². The average Bonchev–Trinajstić information content (AvgIpc) is 3.01. The minimum Gasteiger partial charge on any atom is -0.443 e. The van der Waals surface area contributed by atoms with Gasteiger partial charge in [0.25, 0.3) is 0 Å². The third kappa shape index (κ3) is 5.93. The lowest BCUT2D eigenvalue weighted by Crippen LogP contribution is -2.42. The van der Waals surface area contributed by atoms with Crippen LogP contribution < -0.4 is 4.90 Å². The standard InChI is InChI=1S/C22H37N3O2/c1-8-17(4)25(21(26)27-22(5,6)7)20-12-11-18(14-23-20)19-10-9-13-24(19)15-16(2)3/h11-12,14,16-17,19H,8-10,13,15H2,1-7H3/t17-,19-/m0/s1. The second kappa shape index (κ2) is 9.05. The first kappa shape index (κ1) is 21.7. The van der Waals surface area contributed by atoms with Crippen LogP contribution in [0.4, 0.5) is 10.6 Å². The third-order valence-electron chi connectivity index (χ3n) is 4.99. The fourth-order valence-corrected chi connectivity index (χ4v) is 3.62. The lowest BCUT2D eigenvalue weighted by Gasteiger charge is -2.31. The normalized spacial score (nSPS) is 19.3. The van der Waals surface area contributed by atoms with Crippen molar-refractivity contribution in [3.63, 3.8) is 0 Å². The van der Waals surface area contributed by atoms with E-state index in [4.69, 9.17) is 4.74 Å². The van der Waals surface area contributed by atoms with Gasteiger partial charge in [0.2, 0.25) is 0 Å². The van der Waals surface area contributed by atoms with Crippen LogP contribution in [0.25, 0.3) is 0 Å². The van der Waals surface area contributed by atoms with E-state index in [-0.39, 0.29) is 12.1 Å². The molecule has 1 amide bonds. The Hall–Kier alpha value is -1.62. The Bertz CT molecular complexity index is 607. The fraction of sp³-hybridized carbons (Fsp3) is 0.727. The molecule has 1 fully saturated rings. The zero-order chi connectivity index (χ0) is 20.2. The van der Waals surface area contributed by atoms with Crippen molar-refractivity contribution in [2.75, 3.05) is 18.0 Å². The highest BCUT2D eigenvalue weighted by Crippen LogP contribution is 2.33. The number of ether oxygens (including phenoxy) is 1. The summed E-state index contributed by atoms with van der Waals surface area (Å²) in [4.78, 5) is 21.6. The van der Waals surface area contributed by atoms with Crippen LogP contribution in [0.1, 0.15) is 79.3 Å². The van der Waals surface area contributed by atoms with Gasteiger partial charge in [0.1, 0.15) is 11.4 Å². The highest BCUT2D eigenvalue weighted by Gasteiger charge is 2.29. The lowest BCUT2D eigenvalue weighted by molar-refractivity contribution is 0.0566. The van der Waals surface area contributed by atoms with Crippen LogP contribution >= 0.6 is 0 Å². The van der Waals surface area contributed by atoms with Crippen molar-refractivity contribution in [3.8, 4) is 0 Å². The van der Waals surface area contributed by atoms with Crippen LogP contribution in [0, 0.1) is 5.92 Å². The molecule has 2 heterocycles. The van der Waals surface area contributed by atoms with Crippen molar-refractivity contribution in [3.05, 3.63) is 23.9 Å². The first-order chi connectivity index (χ1) is 12.6. The van der Waals surface area contributed by atoms with Crippen molar-refractivity contribution in [1.82, 2.24) is 9.88 Å². The number of anilines is 1. The zero-order valence-electron chi connectivity index (χ0n) is 18.2. The summed E-state index contributed by atoms with van der Waals surface area (Å²) in [7, 11) is 0. The van der Waals surface area contributed by atoms with E-state index in [1.54, 1.807) is 4.90 Å². The molecule has 2 atom stereocenters. The number of rotatable bonds is 6. The summed E-state index contributed by atoms with van der Waals surface area (Å²) in [5.41, 5.74) is 0.717. The molecule has 1 saturated heterocycles. The third-order valence-corrected chi connectivity index (χ3v) is 4.99. The summed E-state index contributed by atoms with van der Waals surface area (Å²) >= 11 is 0. The maximum atomic E-state index is 12.7. The second-order valence-electron chi connectivity index (χ2n) is 9.10. The molecule has 0 bridgehead atoms. The van der Waals surface area contributed by atoms with Gasteiger partial charge in [0.05, 0.1) is 0 Å². The monoisotopic (exact) mass is 375 g/mol. The molecule has 1 aliphatic rings. The minimum absolute atomic E-state index is 0.0297. The summed E-state index contributed by atoms with van der Waals surface area (Å²) in [5.74, 6) is 1.32. The van der Waals surface area contributed by atoms with Gasteiger partial charge in [0, 0.05) is 24.8 Å². The van der Waals surface area contributed by atoms with Crippen molar-refractivity contribution in [2.45, 2.75) is 85.4 Å². The average molecular weight is 376 g/mol. The Morgan fingerprint density at radius 2 is 2.04 bits per heavy atom. The van der Waals surface area contributed by atoms with Gasteiger partial charge in [0.15, 0.2) is 0 Å². The number of carbonyl (C=O) groups excluding carboxylic acids is 1. The Labute approximate surface area is 165 Å². The molecule has 0 unspecified atom stereocenters. The smallest absolute Gasteiger partial charge is 0.416 e. The fourth-order valence-electron chi connectivity index (χ4n) is 3.62. The molecule has 5 nitrogen and oxygen atoms in total. The second-order valence-corrected chi connectivity index (χ2v) is 9.10. The summed E-state index contributed by atoms with van der Waals surface area (Å²) < 4.78 is 5.61. The van der Waals surface area contributed by atoms with E-state index < -0.39 is 5.60 Å². The van der Waals surface area contributed by atoms with Gasteiger partial charge in [-0.2, -0.15) is 0 Å². The van der Waals surface area contributed by atoms with Crippen molar-refractivity contribution in [2.24, 2.45) is 5.92 Å². The predicted octanol–water partition coefficient (Wildman–Crippen LogP) is 5.41.